The number of benzene rings is 1. The lowest BCUT2D eigenvalue weighted by molar-refractivity contribution is 0.0515. The van der Waals surface area contributed by atoms with E-state index < -0.39 is 5.60 Å². The van der Waals surface area contributed by atoms with Gasteiger partial charge in [-0.25, -0.2) is 0 Å². The molecule has 1 rings (SSSR count). The molecule has 0 saturated carbocycles. The summed E-state index contributed by atoms with van der Waals surface area (Å²) in [7, 11) is 0. The van der Waals surface area contributed by atoms with E-state index in [4.69, 9.17) is 0 Å². The molecule has 0 heterocycles. The number of aliphatic hydroxyl groups is 1. The average molecular weight is 207 g/mol. The van der Waals surface area contributed by atoms with Crippen LogP contribution in [0.3, 0.4) is 0 Å². The molecule has 15 heavy (non-hydrogen) atoms. The lowest BCUT2D eigenvalue weighted by Gasteiger charge is -2.26. The molecule has 0 radical (unpaired) electrons. The van der Waals surface area contributed by atoms with Gasteiger partial charge in [-0.05, 0) is 31.4 Å². The molecule has 1 atom stereocenters. The van der Waals surface area contributed by atoms with Gasteiger partial charge in [0.2, 0.25) is 0 Å². The summed E-state index contributed by atoms with van der Waals surface area (Å²) in [5.41, 5.74) is 0.422. The average Bonchev–Trinajstić information content (AvgIpc) is 2.15. The van der Waals surface area contributed by atoms with Crippen LogP contribution < -0.4 is 5.32 Å². The molecule has 1 aromatic carbocycles. The highest BCUT2D eigenvalue weighted by atomic mass is 16.3. The summed E-state index contributed by atoms with van der Waals surface area (Å²) in [6, 6.07) is 9.97. The van der Waals surface area contributed by atoms with Crippen LogP contribution in [-0.2, 0) is 0 Å². The fourth-order valence-corrected chi connectivity index (χ4v) is 1.80. The molecule has 1 aromatic rings. The van der Waals surface area contributed by atoms with Crippen LogP contribution in [0.1, 0.15) is 27.2 Å². The molecular weight excluding hydrogens is 186 g/mol. The Bertz CT molecular complexity index is 280. The van der Waals surface area contributed by atoms with E-state index in [2.05, 4.69) is 19.2 Å². The molecule has 0 fully saturated rings. The van der Waals surface area contributed by atoms with Crippen molar-refractivity contribution in [2.45, 2.75) is 32.8 Å². The quantitative estimate of drug-likeness (QED) is 0.778. The van der Waals surface area contributed by atoms with Crippen molar-refractivity contribution in [1.29, 1.82) is 0 Å². The normalized spacial score (nSPS) is 15.0. The number of hydrogen-bond acceptors (Lipinski definition) is 2. The van der Waals surface area contributed by atoms with E-state index in [1.54, 1.807) is 0 Å². The maximum atomic E-state index is 10.1. The molecule has 2 N–H and O–H groups in total. The molecule has 84 valence electrons. The van der Waals surface area contributed by atoms with Crippen LogP contribution in [0.5, 0.6) is 0 Å². The van der Waals surface area contributed by atoms with Crippen molar-refractivity contribution in [3.05, 3.63) is 30.3 Å². The first-order chi connectivity index (χ1) is 6.99. The van der Waals surface area contributed by atoms with Crippen molar-refractivity contribution in [2.75, 3.05) is 11.9 Å². The molecule has 0 saturated heterocycles. The molecule has 0 amide bonds. The highest BCUT2D eigenvalue weighted by molar-refractivity contribution is 5.42. The van der Waals surface area contributed by atoms with E-state index in [9.17, 15) is 5.11 Å². The van der Waals surface area contributed by atoms with Crippen molar-refractivity contribution in [3.63, 3.8) is 0 Å². The molecule has 0 aliphatic rings. The van der Waals surface area contributed by atoms with E-state index >= 15 is 0 Å². The standard InChI is InChI=1S/C13H21NO/c1-11(2)9-13(3,15)10-14-12-7-5-4-6-8-12/h4-8,11,14-15H,9-10H2,1-3H3. The summed E-state index contributed by atoms with van der Waals surface area (Å²) < 4.78 is 0. The second-order valence-electron chi connectivity index (χ2n) is 4.81. The molecule has 1 unspecified atom stereocenters. The summed E-state index contributed by atoms with van der Waals surface area (Å²) in [6.07, 6.45) is 0.812. The van der Waals surface area contributed by atoms with E-state index in [1.165, 1.54) is 0 Å². The fraction of sp³-hybridized carbons (Fsp3) is 0.538. The molecule has 0 spiro atoms. The van der Waals surface area contributed by atoms with Gasteiger partial charge in [-0.15, -0.1) is 0 Å². The second kappa shape index (κ2) is 5.17. The first-order valence-electron chi connectivity index (χ1n) is 5.51. The number of rotatable bonds is 5. The van der Waals surface area contributed by atoms with Crippen LogP contribution >= 0.6 is 0 Å². The Morgan fingerprint density at radius 3 is 2.40 bits per heavy atom. The monoisotopic (exact) mass is 207 g/mol. The van der Waals surface area contributed by atoms with Crippen LogP contribution in [-0.4, -0.2) is 17.3 Å². The van der Waals surface area contributed by atoms with E-state index in [0.29, 0.717) is 12.5 Å². The highest BCUT2D eigenvalue weighted by Gasteiger charge is 2.21. The Labute approximate surface area is 92.3 Å². The third kappa shape index (κ3) is 4.84. The molecule has 0 aromatic heterocycles. The minimum Gasteiger partial charge on any atom is -0.388 e. The van der Waals surface area contributed by atoms with Crippen molar-refractivity contribution < 1.29 is 5.11 Å². The van der Waals surface area contributed by atoms with E-state index in [0.717, 1.165) is 12.1 Å². The first-order valence-corrected chi connectivity index (χ1v) is 5.51. The number of anilines is 1. The predicted molar refractivity (Wildman–Crippen MR) is 65.0 cm³/mol. The van der Waals surface area contributed by atoms with Crippen molar-refractivity contribution in [3.8, 4) is 0 Å². The summed E-state index contributed by atoms with van der Waals surface area (Å²) in [5.74, 6) is 0.512. The summed E-state index contributed by atoms with van der Waals surface area (Å²) in [5, 5.41) is 13.3. The summed E-state index contributed by atoms with van der Waals surface area (Å²) >= 11 is 0. The number of hydrogen-bond donors (Lipinski definition) is 2. The second-order valence-corrected chi connectivity index (χ2v) is 4.81. The molecule has 0 aliphatic carbocycles. The fourth-order valence-electron chi connectivity index (χ4n) is 1.80. The van der Waals surface area contributed by atoms with Gasteiger partial charge < -0.3 is 10.4 Å². The summed E-state index contributed by atoms with van der Waals surface area (Å²) in [4.78, 5) is 0. The third-order valence-corrected chi connectivity index (χ3v) is 2.30. The van der Waals surface area contributed by atoms with Gasteiger partial charge in [-0.3, -0.25) is 0 Å². The van der Waals surface area contributed by atoms with Crippen molar-refractivity contribution in [1.82, 2.24) is 0 Å². The zero-order valence-electron chi connectivity index (χ0n) is 9.83. The lowest BCUT2D eigenvalue weighted by atomic mass is 9.94. The van der Waals surface area contributed by atoms with Crippen LogP contribution in [0.4, 0.5) is 5.69 Å². The molecule has 0 aliphatic heterocycles. The smallest absolute Gasteiger partial charge is 0.0793 e. The minimum absolute atomic E-state index is 0.512. The maximum absolute atomic E-state index is 10.1. The van der Waals surface area contributed by atoms with Crippen LogP contribution in [0.25, 0.3) is 0 Å². The van der Waals surface area contributed by atoms with Crippen LogP contribution in [0.15, 0.2) is 30.3 Å². The minimum atomic E-state index is -0.635. The van der Waals surface area contributed by atoms with Gasteiger partial charge >= 0.3 is 0 Å². The van der Waals surface area contributed by atoms with Crippen molar-refractivity contribution >= 4 is 5.69 Å². The summed E-state index contributed by atoms with van der Waals surface area (Å²) in [6.45, 7) is 6.71. The Hall–Kier alpha value is -1.02. The van der Waals surface area contributed by atoms with Gasteiger partial charge in [-0.2, -0.15) is 0 Å². The molecule has 2 heteroatoms. The Morgan fingerprint density at radius 1 is 1.27 bits per heavy atom. The largest absolute Gasteiger partial charge is 0.388 e. The van der Waals surface area contributed by atoms with Crippen molar-refractivity contribution in [2.24, 2.45) is 5.92 Å². The third-order valence-electron chi connectivity index (χ3n) is 2.30. The number of para-hydroxylation sites is 1. The Kier molecular flexibility index (Phi) is 4.15. The molecule has 2 nitrogen and oxygen atoms in total. The topological polar surface area (TPSA) is 32.3 Å². The zero-order chi connectivity index (χ0) is 11.3. The van der Waals surface area contributed by atoms with Gasteiger partial charge in [0.05, 0.1) is 5.60 Å². The molecular formula is C13H21NO. The van der Waals surface area contributed by atoms with Crippen LogP contribution in [0.2, 0.25) is 0 Å². The predicted octanol–water partition coefficient (Wildman–Crippen LogP) is 2.90. The van der Waals surface area contributed by atoms with Gasteiger partial charge in [0.25, 0.3) is 0 Å². The zero-order valence-corrected chi connectivity index (χ0v) is 9.83. The number of nitrogens with one attached hydrogen (secondary N) is 1. The lowest BCUT2D eigenvalue weighted by Crippen LogP contribution is -2.34. The SMILES string of the molecule is CC(C)CC(C)(O)CNc1ccccc1. The highest BCUT2D eigenvalue weighted by Crippen LogP contribution is 2.17. The van der Waals surface area contributed by atoms with E-state index in [-0.39, 0.29) is 0 Å². The maximum Gasteiger partial charge on any atom is 0.0793 e. The van der Waals surface area contributed by atoms with Gasteiger partial charge in [-0.1, -0.05) is 32.0 Å². The van der Waals surface area contributed by atoms with Crippen LogP contribution in [0, 0.1) is 5.92 Å². The molecule has 0 bridgehead atoms. The Morgan fingerprint density at radius 2 is 1.87 bits per heavy atom. The van der Waals surface area contributed by atoms with E-state index in [1.807, 2.05) is 37.3 Å². The van der Waals surface area contributed by atoms with Gasteiger partial charge in [0.1, 0.15) is 0 Å². The first kappa shape index (κ1) is 12.1. The Balaban J connectivity index is 2.42. The van der Waals surface area contributed by atoms with Gasteiger partial charge in [0, 0.05) is 12.2 Å². The van der Waals surface area contributed by atoms with Gasteiger partial charge in [0.15, 0.2) is 0 Å².